The van der Waals surface area contributed by atoms with Crippen molar-refractivity contribution in [2.24, 2.45) is 0 Å². The van der Waals surface area contributed by atoms with Gasteiger partial charge < -0.3 is 10.1 Å². The highest BCUT2D eigenvalue weighted by Gasteiger charge is 2.09. The SMILES string of the molecule is COC(=O)CC(C)Nc1ccccc1Br. The average molecular weight is 272 g/mol. The molecule has 1 aromatic carbocycles. The first-order valence-electron chi connectivity index (χ1n) is 4.71. The molecule has 0 aliphatic carbocycles. The molecule has 1 aromatic rings. The Kier molecular flexibility index (Phi) is 4.62. The van der Waals surface area contributed by atoms with Gasteiger partial charge in [-0.3, -0.25) is 4.79 Å². The number of hydrogen-bond acceptors (Lipinski definition) is 3. The zero-order valence-electron chi connectivity index (χ0n) is 8.79. The summed E-state index contributed by atoms with van der Waals surface area (Å²) in [5, 5.41) is 3.23. The Morgan fingerprint density at radius 2 is 2.20 bits per heavy atom. The summed E-state index contributed by atoms with van der Waals surface area (Å²) in [5.41, 5.74) is 0.980. The Labute approximate surface area is 97.9 Å². The molecule has 0 aliphatic heterocycles. The van der Waals surface area contributed by atoms with Crippen molar-refractivity contribution in [1.82, 2.24) is 0 Å². The molecule has 0 spiro atoms. The van der Waals surface area contributed by atoms with Gasteiger partial charge in [0, 0.05) is 16.2 Å². The van der Waals surface area contributed by atoms with Gasteiger partial charge >= 0.3 is 5.97 Å². The summed E-state index contributed by atoms with van der Waals surface area (Å²) in [6.07, 6.45) is 0.359. The molecule has 0 bridgehead atoms. The van der Waals surface area contributed by atoms with Crippen molar-refractivity contribution in [2.45, 2.75) is 19.4 Å². The number of nitrogens with one attached hydrogen (secondary N) is 1. The molecule has 0 saturated heterocycles. The van der Waals surface area contributed by atoms with Crippen molar-refractivity contribution in [3.8, 4) is 0 Å². The molecule has 15 heavy (non-hydrogen) atoms. The molecule has 0 heterocycles. The van der Waals surface area contributed by atoms with E-state index in [9.17, 15) is 4.79 Å². The van der Waals surface area contributed by atoms with Gasteiger partial charge in [-0.15, -0.1) is 0 Å². The molecule has 0 aromatic heterocycles. The molecule has 1 atom stereocenters. The summed E-state index contributed by atoms with van der Waals surface area (Å²) < 4.78 is 5.59. The molecular weight excluding hydrogens is 258 g/mol. The second-order valence-corrected chi connectivity index (χ2v) is 4.16. The second-order valence-electron chi connectivity index (χ2n) is 3.31. The largest absolute Gasteiger partial charge is 0.469 e. The topological polar surface area (TPSA) is 38.3 Å². The van der Waals surface area contributed by atoms with Crippen LogP contribution >= 0.6 is 15.9 Å². The molecule has 0 fully saturated rings. The van der Waals surface area contributed by atoms with Gasteiger partial charge in [0.05, 0.1) is 13.5 Å². The van der Waals surface area contributed by atoms with E-state index in [1.165, 1.54) is 7.11 Å². The van der Waals surface area contributed by atoms with Gasteiger partial charge in [0.2, 0.25) is 0 Å². The molecule has 3 nitrogen and oxygen atoms in total. The number of ether oxygens (including phenoxy) is 1. The summed E-state index contributed by atoms with van der Waals surface area (Å²) in [4.78, 5) is 11.0. The third kappa shape index (κ3) is 3.91. The van der Waals surface area contributed by atoms with E-state index in [0.29, 0.717) is 6.42 Å². The Balaban J connectivity index is 2.55. The van der Waals surface area contributed by atoms with Crippen molar-refractivity contribution in [3.63, 3.8) is 0 Å². The highest BCUT2D eigenvalue weighted by atomic mass is 79.9. The standard InChI is InChI=1S/C11H14BrNO2/c1-8(7-11(14)15-2)13-10-6-4-3-5-9(10)12/h3-6,8,13H,7H2,1-2H3. The van der Waals surface area contributed by atoms with Gasteiger partial charge in [0.15, 0.2) is 0 Å². The van der Waals surface area contributed by atoms with Gasteiger partial charge in [-0.1, -0.05) is 12.1 Å². The highest BCUT2D eigenvalue weighted by Crippen LogP contribution is 2.22. The number of carbonyl (C=O) groups excluding carboxylic acids is 1. The Bertz CT molecular complexity index is 341. The summed E-state index contributed by atoms with van der Waals surface area (Å²) in [7, 11) is 1.40. The minimum atomic E-state index is -0.206. The Morgan fingerprint density at radius 3 is 2.80 bits per heavy atom. The van der Waals surface area contributed by atoms with Crippen molar-refractivity contribution in [3.05, 3.63) is 28.7 Å². The molecule has 0 radical (unpaired) electrons. The predicted molar refractivity (Wildman–Crippen MR) is 63.9 cm³/mol. The van der Waals surface area contributed by atoms with Crippen molar-refractivity contribution in [1.29, 1.82) is 0 Å². The van der Waals surface area contributed by atoms with Crippen LogP contribution in [0.25, 0.3) is 0 Å². The van der Waals surface area contributed by atoms with Crippen LogP contribution in [0, 0.1) is 0 Å². The molecule has 0 aliphatic rings. The van der Waals surface area contributed by atoms with Crippen LogP contribution in [0.5, 0.6) is 0 Å². The lowest BCUT2D eigenvalue weighted by atomic mass is 10.2. The molecule has 0 saturated carbocycles. The van der Waals surface area contributed by atoms with Gasteiger partial charge in [0.1, 0.15) is 0 Å². The third-order valence-corrected chi connectivity index (χ3v) is 2.67. The number of halogens is 1. The van der Waals surface area contributed by atoms with E-state index in [4.69, 9.17) is 0 Å². The minimum Gasteiger partial charge on any atom is -0.469 e. The summed E-state index contributed by atoms with van der Waals surface area (Å²) in [6.45, 7) is 1.94. The number of rotatable bonds is 4. The van der Waals surface area contributed by atoms with E-state index >= 15 is 0 Å². The third-order valence-electron chi connectivity index (χ3n) is 1.98. The summed E-state index contributed by atoms with van der Waals surface area (Å²) in [5.74, 6) is -0.206. The van der Waals surface area contributed by atoms with E-state index in [-0.39, 0.29) is 12.0 Å². The summed E-state index contributed by atoms with van der Waals surface area (Å²) >= 11 is 3.43. The maximum Gasteiger partial charge on any atom is 0.307 e. The lowest BCUT2D eigenvalue weighted by Gasteiger charge is -2.14. The maximum absolute atomic E-state index is 11.0. The molecule has 1 rings (SSSR count). The fourth-order valence-corrected chi connectivity index (χ4v) is 1.63. The lowest BCUT2D eigenvalue weighted by Crippen LogP contribution is -2.20. The van der Waals surface area contributed by atoms with E-state index in [0.717, 1.165) is 10.2 Å². The van der Waals surface area contributed by atoms with Crippen LogP contribution in [-0.4, -0.2) is 19.1 Å². The van der Waals surface area contributed by atoms with Crippen LogP contribution in [0.15, 0.2) is 28.7 Å². The minimum absolute atomic E-state index is 0.0520. The second kappa shape index (κ2) is 5.75. The number of esters is 1. The van der Waals surface area contributed by atoms with Gasteiger partial charge in [0.25, 0.3) is 0 Å². The number of benzene rings is 1. The first kappa shape index (κ1) is 12.0. The summed E-state index contributed by atoms with van der Waals surface area (Å²) in [6, 6.07) is 7.85. The quantitative estimate of drug-likeness (QED) is 0.856. The van der Waals surface area contributed by atoms with Gasteiger partial charge in [-0.05, 0) is 35.0 Å². The highest BCUT2D eigenvalue weighted by molar-refractivity contribution is 9.10. The monoisotopic (exact) mass is 271 g/mol. The Hall–Kier alpha value is -1.03. The first-order valence-corrected chi connectivity index (χ1v) is 5.50. The maximum atomic E-state index is 11.0. The zero-order chi connectivity index (χ0) is 11.3. The average Bonchev–Trinajstić information content (AvgIpc) is 2.21. The van der Waals surface area contributed by atoms with Crippen molar-refractivity contribution in [2.75, 3.05) is 12.4 Å². The van der Waals surface area contributed by atoms with E-state index in [2.05, 4.69) is 26.0 Å². The van der Waals surface area contributed by atoms with Crippen LogP contribution < -0.4 is 5.32 Å². The number of para-hydroxylation sites is 1. The number of carbonyl (C=O) groups is 1. The van der Waals surface area contributed by atoms with Gasteiger partial charge in [-0.25, -0.2) is 0 Å². The normalized spacial score (nSPS) is 11.9. The lowest BCUT2D eigenvalue weighted by molar-refractivity contribution is -0.140. The number of anilines is 1. The van der Waals surface area contributed by atoms with E-state index in [1.54, 1.807) is 0 Å². The predicted octanol–water partition coefficient (Wildman–Crippen LogP) is 2.81. The molecule has 0 amide bonds. The van der Waals surface area contributed by atoms with Crippen molar-refractivity contribution < 1.29 is 9.53 Å². The number of methoxy groups -OCH3 is 1. The number of hydrogen-bond donors (Lipinski definition) is 1. The first-order chi connectivity index (χ1) is 7.13. The van der Waals surface area contributed by atoms with Gasteiger partial charge in [-0.2, -0.15) is 0 Å². The van der Waals surface area contributed by atoms with Crippen LogP contribution in [0.2, 0.25) is 0 Å². The van der Waals surface area contributed by atoms with Crippen LogP contribution in [0.1, 0.15) is 13.3 Å². The van der Waals surface area contributed by atoms with Crippen LogP contribution in [0.3, 0.4) is 0 Å². The van der Waals surface area contributed by atoms with E-state index < -0.39 is 0 Å². The molecular formula is C11H14BrNO2. The van der Waals surface area contributed by atoms with Crippen molar-refractivity contribution >= 4 is 27.6 Å². The molecule has 1 unspecified atom stereocenters. The van der Waals surface area contributed by atoms with Crippen LogP contribution in [0.4, 0.5) is 5.69 Å². The fourth-order valence-electron chi connectivity index (χ4n) is 1.23. The fraction of sp³-hybridized carbons (Fsp3) is 0.364. The van der Waals surface area contributed by atoms with E-state index in [1.807, 2.05) is 31.2 Å². The smallest absolute Gasteiger partial charge is 0.307 e. The Morgan fingerprint density at radius 1 is 1.53 bits per heavy atom. The molecule has 1 N–H and O–H groups in total. The van der Waals surface area contributed by atoms with Crippen LogP contribution in [-0.2, 0) is 9.53 Å². The molecule has 82 valence electrons. The molecule has 4 heteroatoms. The zero-order valence-corrected chi connectivity index (χ0v) is 10.4.